The Hall–Kier alpha value is -2.07. The van der Waals surface area contributed by atoms with Gasteiger partial charge in [-0.05, 0) is 37.1 Å². The summed E-state index contributed by atoms with van der Waals surface area (Å²) in [6.07, 6.45) is 2.71. The predicted molar refractivity (Wildman–Crippen MR) is 90.5 cm³/mol. The van der Waals surface area contributed by atoms with Crippen LogP contribution in [0, 0.1) is 11.3 Å². The van der Waals surface area contributed by atoms with Crippen LogP contribution in [0.25, 0.3) is 0 Å². The van der Waals surface area contributed by atoms with E-state index in [1.165, 1.54) is 24.3 Å². The van der Waals surface area contributed by atoms with Crippen molar-refractivity contribution in [2.24, 2.45) is 0 Å². The Balaban J connectivity index is 3.03. The van der Waals surface area contributed by atoms with Gasteiger partial charge in [-0.1, -0.05) is 13.8 Å². The van der Waals surface area contributed by atoms with Gasteiger partial charge in [-0.15, -0.1) is 0 Å². The zero-order valence-corrected chi connectivity index (χ0v) is 14.6. The van der Waals surface area contributed by atoms with Gasteiger partial charge < -0.3 is 4.90 Å². The first kappa shape index (κ1) is 19.0. The highest BCUT2D eigenvalue weighted by Crippen LogP contribution is 2.18. The van der Waals surface area contributed by atoms with Gasteiger partial charge in [-0.2, -0.15) is 5.26 Å². The average molecular weight is 337 g/mol. The molecule has 0 fully saturated rings. The minimum absolute atomic E-state index is 0.219. The molecule has 0 bridgehead atoms. The Morgan fingerprint density at radius 1 is 1.13 bits per heavy atom. The van der Waals surface area contributed by atoms with Crippen LogP contribution in [0.4, 0.5) is 5.69 Å². The number of benzene rings is 1. The molecule has 1 aromatic carbocycles. The van der Waals surface area contributed by atoms with E-state index in [0.29, 0.717) is 24.3 Å². The second-order valence-electron chi connectivity index (χ2n) is 5.31. The highest BCUT2D eigenvalue weighted by molar-refractivity contribution is 7.92. The Kier molecular flexibility index (Phi) is 7.04. The summed E-state index contributed by atoms with van der Waals surface area (Å²) < 4.78 is 25.2. The van der Waals surface area contributed by atoms with Crippen LogP contribution < -0.4 is 4.31 Å². The Morgan fingerprint density at radius 2 is 1.65 bits per heavy atom. The van der Waals surface area contributed by atoms with E-state index >= 15 is 0 Å². The van der Waals surface area contributed by atoms with Crippen molar-refractivity contribution in [3.63, 3.8) is 0 Å². The quantitative estimate of drug-likeness (QED) is 0.726. The Bertz CT molecular complexity index is 657. The van der Waals surface area contributed by atoms with Gasteiger partial charge in [-0.3, -0.25) is 9.10 Å². The van der Waals surface area contributed by atoms with E-state index in [0.717, 1.165) is 23.4 Å². The van der Waals surface area contributed by atoms with Gasteiger partial charge in [0.25, 0.3) is 0 Å². The van der Waals surface area contributed by atoms with Crippen molar-refractivity contribution in [3.8, 4) is 6.07 Å². The predicted octanol–water partition coefficient (Wildman–Crippen LogP) is 1.97. The number of hydrogen-bond acceptors (Lipinski definition) is 4. The second kappa shape index (κ2) is 8.53. The maximum Gasteiger partial charge on any atom is 0.243 e. The van der Waals surface area contributed by atoms with E-state index in [-0.39, 0.29) is 12.5 Å². The van der Waals surface area contributed by atoms with E-state index < -0.39 is 10.0 Å². The van der Waals surface area contributed by atoms with Gasteiger partial charge in [0.1, 0.15) is 6.54 Å². The van der Waals surface area contributed by atoms with Crippen LogP contribution >= 0.6 is 0 Å². The van der Waals surface area contributed by atoms with Crippen molar-refractivity contribution < 1.29 is 13.2 Å². The number of sulfonamides is 1. The highest BCUT2D eigenvalue weighted by atomic mass is 32.2. The molecular formula is C16H23N3O3S. The molecule has 0 unspecified atom stereocenters. The van der Waals surface area contributed by atoms with Crippen molar-refractivity contribution in [2.45, 2.75) is 26.7 Å². The monoisotopic (exact) mass is 337 g/mol. The molecule has 0 aliphatic heterocycles. The molecule has 6 nitrogen and oxygen atoms in total. The van der Waals surface area contributed by atoms with E-state index in [2.05, 4.69) is 0 Å². The zero-order chi connectivity index (χ0) is 17.5. The lowest BCUT2D eigenvalue weighted by Crippen LogP contribution is -2.43. The molecule has 1 amide bonds. The van der Waals surface area contributed by atoms with Crippen molar-refractivity contribution in [2.75, 3.05) is 30.2 Å². The third-order valence-corrected chi connectivity index (χ3v) is 4.44. The summed E-state index contributed by atoms with van der Waals surface area (Å²) in [7, 11) is -3.59. The summed E-state index contributed by atoms with van der Waals surface area (Å²) in [4.78, 5) is 14.1. The SMILES string of the molecule is CCCN(CCC)C(=O)CN(c1ccc(C#N)cc1)S(C)(=O)=O. The third-order valence-electron chi connectivity index (χ3n) is 3.30. The lowest BCUT2D eigenvalue weighted by Gasteiger charge is -2.27. The number of rotatable bonds is 8. The maximum atomic E-state index is 12.4. The van der Waals surface area contributed by atoms with E-state index in [1.54, 1.807) is 4.90 Å². The molecule has 0 aliphatic rings. The summed E-state index contributed by atoms with van der Waals surface area (Å²) in [6, 6.07) is 8.13. The molecule has 0 spiro atoms. The van der Waals surface area contributed by atoms with Gasteiger partial charge in [0.2, 0.25) is 15.9 Å². The van der Waals surface area contributed by atoms with Crippen LogP contribution in [-0.4, -0.2) is 45.1 Å². The molecule has 0 aromatic heterocycles. The first-order valence-electron chi connectivity index (χ1n) is 7.59. The fourth-order valence-electron chi connectivity index (χ4n) is 2.23. The number of carbonyl (C=O) groups excluding carboxylic acids is 1. The molecule has 23 heavy (non-hydrogen) atoms. The van der Waals surface area contributed by atoms with Gasteiger partial charge in [-0.25, -0.2) is 8.42 Å². The number of amides is 1. The smallest absolute Gasteiger partial charge is 0.243 e. The molecule has 126 valence electrons. The molecule has 1 aromatic rings. The highest BCUT2D eigenvalue weighted by Gasteiger charge is 2.23. The van der Waals surface area contributed by atoms with Crippen LogP contribution in [0.3, 0.4) is 0 Å². The molecule has 0 saturated carbocycles. The standard InChI is InChI=1S/C16H23N3O3S/c1-4-10-18(11-5-2)16(20)13-19(23(3,21)22)15-8-6-14(12-17)7-9-15/h6-9H,4-5,10-11,13H2,1-3H3. The number of hydrogen-bond donors (Lipinski definition) is 0. The number of carbonyl (C=O) groups is 1. The fraction of sp³-hybridized carbons (Fsp3) is 0.500. The van der Waals surface area contributed by atoms with Gasteiger partial charge in [0.15, 0.2) is 0 Å². The summed E-state index contributed by atoms with van der Waals surface area (Å²) >= 11 is 0. The zero-order valence-electron chi connectivity index (χ0n) is 13.8. The first-order chi connectivity index (χ1) is 10.8. The Labute approximate surface area is 138 Å². The Morgan fingerprint density at radius 3 is 2.04 bits per heavy atom. The second-order valence-corrected chi connectivity index (χ2v) is 7.22. The van der Waals surface area contributed by atoms with Crippen LogP contribution in [0.5, 0.6) is 0 Å². The van der Waals surface area contributed by atoms with Crippen LogP contribution in [0.1, 0.15) is 32.3 Å². The lowest BCUT2D eigenvalue weighted by molar-refractivity contribution is -0.129. The van der Waals surface area contributed by atoms with Crippen molar-refractivity contribution in [1.29, 1.82) is 5.26 Å². The molecule has 0 aliphatic carbocycles. The van der Waals surface area contributed by atoms with Crippen LogP contribution in [-0.2, 0) is 14.8 Å². The normalized spacial score (nSPS) is 10.9. The van der Waals surface area contributed by atoms with Crippen molar-refractivity contribution in [1.82, 2.24) is 4.90 Å². The fourth-order valence-corrected chi connectivity index (χ4v) is 3.08. The molecule has 0 saturated heterocycles. The number of nitrogens with zero attached hydrogens (tertiary/aromatic N) is 3. The van der Waals surface area contributed by atoms with E-state index in [1.807, 2.05) is 19.9 Å². The number of nitriles is 1. The molecule has 0 N–H and O–H groups in total. The molecule has 1 rings (SSSR count). The summed E-state index contributed by atoms with van der Waals surface area (Å²) in [5, 5.41) is 8.82. The third kappa shape index (κ3) is 5.57. The molecule has 0 heterocycles. The van der Waals surface area contributed by atoms with Gasteiger partial charge in [0.05, 0.1) is 23.6 Å². The van der Waals surface area contributed by atoms with Crippen LogP contribution in [0.2, 0.25) is 0 Å². The van der Waals surface area contributed by atoms with E-state index in [4.69, 9.17) is 5.26 Å². The summed E-state index contributed by atoms with van der Waals surface area (Å²) in [5.41, 5.74) is 0.819. The topological polar surface area (TPSA) is 81.5 Å². The van der Waals surface area contributed by atoms with Crippen molar-refractivity contribution >= 4 is 21.6 Å². The maximum absolute atomic E-state index is 12.4. The minimum Gasteiger partial charge on any atom is -0.341 e. The largest absolute Gasteiger partial charge is 0.341 e. The van der Waals surface area contributed by atoms with Crippen LogP contribution in [0.15, 0.2) is 24.3 Å². The minimum atomic E-state index is -3.59. The van der Waals surface area contributed by atoms with E-state index in [9.17, 15) is 13.2 Å². The lowest BCUT2D eigenvalue weighted by atomic mass is 10.2. The molecule has 0 radical (unpaired) electrons. The molecular weight excluding hydrogens is 314 g/mol. The summed E-state index contributed by atoms with van der Waals surface area (Å²) in [6.45, 7) is 4.94. The van der Waals surface area contributed by atoms with Gasteiger partial charge in [0, 0.05) is 13.1 Å². The average Bonchev–Trinajstić information content (AvgIpc) is 2.51. The molecule has 7 heteroatoms. The summed E-state index contributed by atoms with van der Waals surface area (Å²) in [5.74, 6) is -0.219. The van der Waals surface area contributed by atoms with Gasteiger partial charge >= 0.3 is 0 Å². The van der Waals surface area contributed by atoms with Crippen molar-refractivity contribution in [3.05, 3.63) is 29.8 Å². The molecule has 0 atom stereocenters. The number of anilines is 1. The first-order valence-corrected chi connectivity index (χ1v) is 9.44.